The van der Waals surface area contributed by atoms with E-state index in [-0.39, 0.29) is 0 Å². The Morgan fingerprint density at radius 2 is 2.33 bits per heavy atom. The van der Waals surface area contributed by atoms with Gasteiger partial charge in [0.15, 0.2) is 5.76 Å². The maximum atomic E-state index is 5.43. The Bertz CT molecular complexity index is 431. The van der Waals surface area contributed by atoms with E-state index >= 15 is 0 Å². The number of aromatic nitrogens is 2. The average Bonchev–Trinajstić information content (AvgIpc) is 2.78. The number of nitrogens with one attached hydrogen (secondary N) is 1. The van der Waals surface area contributed by atoms with Crippen molar-refractivity contribution >= 4 is 0 Å². The zero-order valence-corrected chi connectivity index (χ0v) is 8.14. The Hall–Kier alpha value is -1.62. The van der Waals surface area contributed by atoms with Crippen LogP contribution in [0.1, 0.15) is 18.7 Å². The lowest BCUT2D eigenvalue weighted by molar-refractivity contribution is 0.460. The third-order valence-corrected chi connectivity index (χ3v) is 2.32. The zero-order chi connectivity index (χ0) is 10.1. The van der Waals surface area contributed by atoms with E-state index in [0.29, 0.717) is 30.1 Å². The summed E-state index contributed by atoms with van der Waals surface area (Å²) in [5, 5.41) is 11.1. The molecule has 0 unspecified atom stereocenters. The summed E-state index contributed by atoms with van der Waals surface area (Å²) < 4.78 is 10.6. The summed E-state index contributed by atoms with van der Waals surface area (Å²) in [6, 6.07) is 4.23. The van der Waals surface area contributed by atoms with Gasteiger partial charge in [0.2, 0.25) is 5.89 Å². The minimum absolute atomic E-state index is 0.438. The van der Waals surface area contributed by atoms with E-state index in [1.165, 1.54) is 12.8 Å². The van der Waals surface area contributed by atoms with Gasteiger partial charge in [0.1, 0.15) is 0 Å². The fourth-order valence-corrected chi connectivity index (χ4v) is 1.34. The quantitative estimate of drug-likeness (QED) is 0.820. The van der Waals surface area contributed by atoms with Crippen LogP contribution in [0.5, 0.6) is 0 Å². The zero-order valence-electron chi connectivity index (χ0n) is 8.14. The van der Waals surface area contributed by atoms with Crippen molar-refractivity contribution in [3.05, 3.63) is 24.3 Å². The van der Waals surface area contributed by atoms with Crippen molar-refractivity contribution in [1.82, 2.24) is 15.5 Å². The molecule has 0 aromatic carbocycles. The minimum Gasteiger partial charge on any atom is -0.459 e. The van der Waals surface area contributed by atoms with Crippen molar-refractivity contribution in [2.75, 3.05) is 0 Å². The highest BCUT2D eigenvalue weighted by molar-refractivity contribution is 5.42. The van der Waals surface area contributed by atoms with Crippen molar-refractivity contribution in [1.29, 1.82) is 0 Å². The highest BCUT2D eigenvalue weighted by atomic mass is 16.4. The summed E-state index contributed by atoms with van der Waals surface area (Å²) >= 11 is 0. The van der Waals surface area contributed by atoms with E-state index in [0.717, 1.165) is 0 Å². The van der Waals surface area contributed by atoms with Gasteiger partial charge in [-0.3, -0.25) is 0 Å². The van der Waals surface area contributed by atoms with Crippen LogP contribution in [-0.2, 0) is 6.54 Å². The van der Waals surface area contributed by atoms with Gasteiger partial charge in [-0.1, -0.05) is 0 Å². The molecule has 0 aliphatic heterocycles. The second-order valence-corrected chi connectivity index (χ2v) is 3.63. The third kappa shape index (κ3) is 1.92. The monoisotopic (exact) mass is 205 g/mol. The number of furan rings is 1. The van der Waals surface area contributed by atoms with Crippen LogP contribution in [0, 0.1) is 0 Å². The van der Waals surface area contributed by atoms with Gasteiger partial charge in [0.25, 0.3) is 5.89 Å². The van der Waals surface area contributed by atoms with Crippen LogP contribution in [0.4, 0.5) is 0 Å². The largest absolute Gasteiger partial charge is 0.459 e. The molecule has 15 heavy (non-hydrogen) atoms. The summed E-state index contributed by atoms with van der Waals surface area (Å²) in [6.07, 6.45) is 4.08. The average molecular weight is 205 g/mol. The van der Waals surface area contributed by atoms with Crippen molar-refractivity contribution < 1.29 is 8.83 Å². The molecule has 5 nitrogen and oxygen atoms in total. The Morgan fingerprint density at radius 1 is 1.40 bits per heavy atom. The van der Waals surface area contributed by atoms with Crippen LogP contribution < -0.4 is 5.32 Å². The molecule has 5 heteroatoms. The summed E-state index contributed by atoms with van der Waals surface area (Å²) in [6.45, 7) is 0.637. The van der Waals surface area contributed by atoms with Crippen LogP contribution in [-0.4, -0.2) is 16.2 Å². The lowest BCUT2D eigenvalue weighted by atomic mass is 10.4. The molecule has 1 N–H and O–H groups in total. The summed E-state index contributed by atoms with van der Waals surface area (Å²) in [4.78, 5) is 0. The fraction of sp³-hybridized carbons (Fsp3) is 0.400. The second kappa shape index (κ2) is 3.51. The molecule has 78 valence electrons. The SMILES string of the molecule is c1coc(-c2nnc(CNC3CC3)o2)c1. The van der Waals surface area contributed by atoms with Gasteiger partial charge in [0.05, 0.1) is 12.8 Å². The van der Waals surface area contributed by atoms with E-state index in [9.17, 15) is 0 Å². The Kier molecular flexibility index (Phi) is 2.03. The van der Waals surface area contributed by atoms with Gasteiger partial charge in [-0.2, -0.15) is 0 Å². The first-order chi connectivity index (χ1) is 7.42. The molecule has 0 radical (unpaired) electrons. The van der Waals surface area contributed by atoms with E-state index in [1.54, 1.807) is 18.4 Å². The third-order valence-electron chi connectivity index (χ3n) is 2.32. The van der Waals surface area contributed by atoms with E-state index in [2.05, 4.69) is 15.5 Å². The Balaban J connectivity index is 1.69. The highest BCUT2D eigenvalue weighted by Gasteiger charge is 2.21. The molecule has 3 rings (SSSR count). The van der Waals surface area contributed by atoms with Gasteiger partial charge in [-0.05, 0) is 25.0 Å². The first-order valence-electron chi connectivity index (χ1n) is 5.01. The number of rotatable bonds is 4. The number of nitrogens with zero attached hydrogens (tertiary/aromatic N) is 2. The van der Waals surface area contributed by atoms with E-state index in [1.807, 2.05) is 0 Å². The van der Waals surface area contributed by atoms with Crippen molar-refractivity contribution in [2.45, 2.75) is 25.4 Å². The molecule has 2 aromatic heterocycles. The highest BCUT2D eigenvalue weighted by Crippen LogP contribution is 2.20. The predicted molar refractivity (Wildman–Crippen MR) is 51.9 cm³/mol. The van der Waals surface area contributed by atoms with E-state index < -0.39 is 0 Å². The smallest absolute Gasteiger partial charge is 0.283 e. The van der Waals surface area contributed by atoms with Gasteiger partial charge in [-0.25, -0.2) is 0 Å². The Morgan fingerprint density at radius 3 is 3.07 bits per heavy atom. The maximum absolute atomic E-state index is 5.43. The molecule has 0 spiro atoms. The topological polar surface area (TPSA) is 64.1 Å². The van der Waals surface area contributed by atoms with Crippen molar-refractivity contribution in [3.63, 3.8) is 0 Å². The number of hydrogen-bond donors (Lipinski definition) is 1. The van der Waals surface area contributed by atoms with Gasteiger partial charge in [-0.15, -0.1) is 10.2 Å². The molecule has 0 saturated heterocycles. The van der Waals surface area contributed by atoms with Crippen molar-refractivity contribution in [3.8, 4) is 11.7 Å². The van der Waals surface area contributed by atoms with Crippen LogP contribution in [0.3, 0.4) is 0 Å². The van der Waals surface area contributed by atoms with Gasteiger partial charge >= 0.3 is 0 Å². The van der Waals surface area contributed by atoms with Crippen LogP contribution >= 0.6 is 0 Å². The van der Waals surface area contributed by atoms with Gasteiger partial charge in [0, 0.05) is 6.04 Å². The standard InChI is InChI=1S/C10H11N3O2/c1-2-8(14-5-1)10-13-12-9(15-10)6-11-7-3-4-7/h1-2,5,7,11H,3-4,6H2. The lowest BCUT2D eigenvalue weighted by Crippen LogP contribution is -2.15. The molecule has 1 saturated carbocycles. The molecule has 0 atom stereocenters. The molecule has 0 amide bonds. The van der Waals surface area contributed by atoms with Crippen LogP contribution in [0.2, 0.25) is 0 Å². The van der Waals surface area contributed by atoms with Crippen LogP contribution in [0.15, 0.2) is 27.2 Å². The second-order valence-electron chi connectivity index (χ2n) is 3.63. The van der Waals surface area contributed by atoms with E-state index in [4.69, 9.17) is 8.83 Å². The molecule has 0 bridgehead atoms. The molecular weight excluding hydrogens is 194 g/mol. The molecular formula is C10H11N3O2. The first kappa shape index (κ1) is 8.67. The fourth-order valence-electron chi connectivity index (χ4n) is 1.34. The first-order valence-corrected chi connectivity index (χ1v) is 5.01. The maximum Gasteiger partial charge on any atom is 0.283 e. The van der Waals surface area contributed by atoms with Crippen molar-refractivity contribution in [2.24, 2.45) is 0 Å². The normalized spacial score (nSPS) is 15.7. The summed E-state index contributed by atoms with van der Waals surface area (Å²) in [5.74, 6) is 1.65. The molecule has 1 aliphatic rings. The summed E-state index contributed by atoms with van der Waals surface area (Å²) in [7, 11) is 0. The number of hydrogen-bond acceptors (Lipinski definition) is 5. The van der Waals surface area contributed by atoms with Gasteiger partial charge < -0.3 is 14.2 Å². The molecule has 1 fully saturated rings. The Labute approximate surface area is 86.5 Å². The van der Waals surface area contributed by atoms with Crippen LogP contribution in [0.25, 0.3) is 11.7 Å². The molecule has 2 heterocycles. The summed E-state index contributed by atoms with van der Waals surface area (Å²) in [5.41, 5.74) is 0. The minimum atomic E-state index is 0.438. The lowest BCUT2D eigenvalue weighted by Gasteiger charge is -1.95. The molecule has 1 aliphatic carbocycles. The predicted octanol–water partition coefficient (Wildman–Crippen LogP) is 1.58. The molecule has 2 aromatic rings.